The molecule has 3 heterocycles. The number of thioether (sulfide) groups is 1. The molecule has 1 aromatic carbocycles. The van der Waals surface area contributed by atoms with Gasteiger partial charge in [-0.2, -0.15) is 5.10 Å². The molecule has 0 saturated heterocycles. The van der Waals surface area contributed by atoms with Crippen molar-refractivity contribution in [2.45, 2.75) is 25.2 Å². The van der Waals surface area contributed by atoms with Crippen LogP contribution in [0.25, 0.3) is 11.6 Å². The van der Waals surface area contributed by atoms with E-state index in [2.05, 4.69) is 20.6 Å². The minimum absolute atomic E-state index is 0.150. The highest BCUT2D eigenvalue weighted by Gasteiger charge is 2.16. The van der Waals surface area contributed by atoms with E-state index in [-0.39, 0.29) is 11.7 Å². The number of amides is 1. The van der Waals surface area contributed by atoms with E-state index < -0.39 is 0 Å². The summed E-state index contributed by atoms with van der Waals surface area (Å²) >= 11 is 7.26. The van der Waals surface area contributed by atoms with Gasteiger partial charge >= 0.3 is 0 Å². The van der Waals surface area contributed by atoms with Crippen molar-refractivity contribution in [2.24, 2.45) is 0 Å². The second kappa shape index (κ2) is 9.19. The summed E-state index contributed by atoms with van der Waals surface area (Å²) < 4.78 is 9.06. The summed E-state index contributed by atoms with van der Waals surface area (Å²) in [6.07, 6.45) is 3.25. The molecule has 4 aromatic rings. The van der Waals surface area contributed by atoms with E-state index in [0.717, 1.165) is 5.56 Å². The van der Waals surface area contributed by atoms with Gasteiger partial charge in [0.15, 0.2) is 16.7 Å². The van der Waals surface area contributed by atoms with Crippen LogP contribution in [0.15, 0.2) is 64.5 Å². The normalized spacial score (nSPS) is 11.0. The smallest absolute Gasteiger partial charge is 0.235 e. The van der Waals surface area contributed by atoms with E-state index in [4.69, 9.17) is 16.0 Å². The molecule has 10 heteroatoms. The molecular weight excluding hydrogens is 424 g/mol. The number of benzene rings is 1. The molecule has 0 atom stereocenters. The number of rotatable bonds is 8. The van der Waals surface area contributed by atoms with Crippen LogP contribution in [0.2, 0.25) is 5.02 Å². The number of hydrogen-bond acceptors (Lipinski definition) is 6. The predicted molar refractivity (Wildman–Crippen MR) is 116 cm³/mol. The van der Waals surface area contributed by atoms with Gasteiger partial charge in [-0.3, -0.25) is 9.36 Å². The third kappa shape index (κ3) is 4.58. The first-order valence-corrected chi connectivity index (χ1v) is 10.7. The highest BCUT2D eigenvalue weighted by atomic mass is 35.5. The maximum atomic E-state index is 12.5. The highest BCUT2D eigenvalue weighted by molar-refractivity contribution is 7.99. The molecule has 0 spiro atoms. The number of halogens is 1. The van der Waals surface area contributed by atoms with Crippen LogP contribution in [0, 0.1) is 0 Å². The van der Waals surface area contributed by atoms with Crippen LogP contribution in [0.4, 0.5) is 5.82 Å². The van der Waals surface area contributed by atoms with Crippen molar-refractivity contribution in [3.63, 3.8) is 0 Å². The van der Waals surface area contributed by atoms with Crippen LogP contribution >= 0.6 is 23.4 Å². The largest absolute Gasteiger partial charge is 0.461 e. The summed E-state index contributed by atoms with van der Waals surface area (Å²) in [5.74, 6) is 1.97. The summed E-state index contributed by atoms with van der Waals surface area (Å²) in [6.45, 7) is 3.19. The molecule has 0 unspecified atom stereocenters. The molecule has 0 radical (unpaired) electrons. The van der Waals surface area contributed by atoms with E-state index in [0.29, 0.717) is 40.7 Å². The molecule has 30 heavy (non-hydrogen) atoms. The topological polar surface area (TPSA) is 90.8 Å². The number of nitrogens with zero attached hydrogens (tertiary/aromatic N) is 5. The van der Waals surface area contributed by atoms with Gasteiger partial charge in [0.25, 0.3) is 0 Å². The molecule has 0 aliphatic carbocycles. The minimum Gasteiger partial charge on any atom is -0.461 e. The average molecular weight is 443 g/mol. The third-order valence-corrected chi connectivity index (χ3v) is 5.56. The zero-order valence-corrected chi connectivity index (χ0v) is 17.7. The fourth-order valence-corrected chi connectivity index (χ4v) is 3.83. The lowest BCUT2D eigenvalue weighted by molar-refractivity contribution is -0.113. The Morgan fingerprint density at radius 1 is 1.20 bits per heavy atom. The van der Waals surface area contributed by atoms with Gasteiger partial charge in [0.2, 0.25) is 5.91 Å². The lowest BCUT2D eigenvalue weighted by Gasteiger charge is -2.09. The molecule has 0 bridgehead atoms. The summed E-state index contributed by atoms with van der Waals surface area (Å²) in [5.41, 5.74) is 1.04. The van der Waals surface area contributed by atoms with Gasteiger partial charge in [-0.05, 0) is 36.8 Å². The van der Waals surface area contributed by atoms with Crippen LogP contribution in [0.3, 0.4) is 0 Å². The lowest BCUT2D eigenvalue weighted by Crippen LogP contribution is -2.18. The average Bonchev–Trinajstić information content (AvgIpc) is 3.49. The maximum absolute atomic E-state index is 12.5. The SMILES string of the molecule is CCn1c(SCC(=O)Nc2ccnn2Cc2ccc(Cl)cc2)nnc1-c1ccco1. The first-order valence-electron chi connectivity index (χ1n) is 9.30. The van der Waals surface area contributed by atoms with E-state index in [1.54, 1.807) is 29.3 Å². The van der Waals surface area contributed by atoms with Crippen molar-refractivity contribution in [2.75, 3.05) is 11.1 Å². The number of furan rings is 1. The number of aromatic nitrogens is 5. The van der Waals surface area contributed by atoms with Gasteiger partial charge in [-0.1, -0.05) is 35.5 Å². The molecule has 0 aliphatic rings. The molecule has 3 aromatic heterocycles. The molecule has 1 N–H and O–H groups in total. The molecule has 154 valence electrons. The number of nitrogens with one attached hydrogen (secondary N) is 1. The van der Waals surface area contributed by atoms with Gasteiger partial charge in [0.1, 0.15) is 5.82 Å². The summed E-state index contributed by atoms with van der Waals surface area (Å²) in [6, 6.07) is 12.9. The van der Waals surface area contributed by atoms with Crippen LogP contribution in [-0.4, -0.2) is 36.2 Å². The number of carbonyl (C=O) groups is 1. The summed E-state index contributed by atoms with van der Waals surface area (Å²) in [7, 11) is 0. The second-order valence-corrected chi connectivity index (χ2v) is 7.74. The zero-order valence-electron chi connectivity index (χ0n) is 16.2. The zero-order chi connectivity index (χ0) is 20.9. The first kappa shape index (κ1) is 20.2. The van der Waals surface area contributed by atoms with Crippen molar-refractivity contribution in [3.05, 3.63) is 65.5 Å². The molecule has 1 amide bonds. The minimum atomic E-state index is -0.150. The van der Waals surface area contributed by atoms with E-state index in [9.17, 15) is 4.79 Å². The van der Waals surface area contributed by atoms with E-state index in [1.807, 2.05) is 41.8 Å². The van der Waals surface area contributed by atoms with Gasteiger partial charge < -0.3 is 9.73 Å². The van der Waals surface area contributed by atoms with Crippen molar-refractivity contribution < 1.29 is 9.21 Å². The molecule has 4 rings (SSSR count). The Labute approximate surface area is 182 Å². The van der Waals surface area contributed by atoms with Crippen molar-refractivity contribution in [1.29, 1.82) is 0 Å². The molecule has 0 fully saturated rings. The molecular formula is C20H19ClN6O2S. The van der Waals surface area contributed by atoms with E-state index in [1.165, 1.54) is 11.8 Å². The summed E-state index contributed by atoms with van der Waals surface area (Å²) in [5, 5.41) is 16.9. The highest BCUT2D eigenvalue weighted by Crippen LogP contribution is 2.24. The Morgan fingerprint density at radius 3 is 2.77 bits per heavy atom. The van der Waals surface area contributed by atoms with Gasteiger partial charge in [0, 0.05) is 17.6 Å². The Kier molecular flexibility index (Phi) is 6.20. The van der Waals surface area contributed by atoms with Gasteiger partial charge in [-0.15, -0.1) is 10.2 Å². The van der Waals surface area contributed by atoms with Crippen LogP contribution in [-0.2, 0) is 17.9 Å². The maximum Gasteiger partial charge on any atom is 0.235 e. The van der Waals surface area contributed by atoms with Crippen LogP contribution in [0.1, 0.15) is 12.5 Å². The third-order valence-electron chi connectivity index (χ3n) is 4.34. The number of hydrogen-bond donors (Lipinski definition) is 1. The van der Waals surface area contributed by atoms with Gasteiger partial charge in [-0.25, -0.2) is 4.68 Å². The quantitative estimate of drug-likeness (QED) is 0.411. The summed E-state index contributed by atoms with van der Waals surface area (Å²) in [4.78, 5) is 12.5. The lowest BCUT2D eigenvalue weighted by atomic mass is 10.2. The first-order chi connectivity index (χ1) is 14.6. The van der Waals surface area contributed by atoms with E-state index >= 15 is 0 Å². The Hall–Kier alpha value is -3.04. The van der Waals surface area contributed by atoms with Crippen LogP contribution in [0.5, 0.6) is 0 Å². The van der Waals surface area contributed by atoms with Gasteiger partial charge in [0.05, 0.1) is 24.8 Å². The standard InChI is InChI=1S/C20H19ClN6O2S/c1-2-26-19(16-4-3-11-29-16)24-25-20(26)30-13-18(28)23-17-9-10-22-27(17)12-14-5-7-15(21)8-6-14/h3-11H,2,12-13H2,1H3,(H,23,28). The fraction of sp³-hybridized carbons (Fsp3) is 0.200. The molecule has 8 nitrogen and oxygen atoms in total. The number of carbonyl (C=O) groups excluding carboxylic acids is 1. The monoisotopic (exact) mass is 442 g/mol. The predicted octanol–water partition coefficient (Wildman–Crippen LogP) is 4.19. The Morgan fingerprint density at radius 2 is 2.03 bits per heavy atom. The van der Waals surface area contributed by atoms with Crippen molar-refractivity contribution >= 4 is 35.1 Å². The fourth-order valence-electron chi connectivity index (χ4n) is 2.91. The van der Waals surface area contributed by atoms with Crippen LogP contribution < -0.4 is 5.32 Å². The number of anilines is 1. The Balaban J connectivity index is 1.38. The van der Waals surface area contributed by atoms with Crippen molar-refractivity contribution in [3.8, 4) is 11.6 Å². The Bertz CT molecular complexity index is 1120. The van der Waals surface area contributed by atoms with Crippen molar-refractivity contribution in [1.82, 2.24) is 24.5 Å². The molecule has 0 saturated carbocycles. The molecule has 0 aliphatic heterocycles. The second-order valence-electron chi connectivity index (χ2n) is 6.37.